The normalized spacial score (nSPS) is 14.1. The van der Waals surface area contributed by atoms with E-state index >= 15 is 0 Å². The maximum Gasteiger partial charge on any atom is 0.261 e. The number of fused-ring (bicyclic) bond motifs is 1. The Bertz CT molecular complexity index is 891. The zero-order chi connectivity index (χ0) is 21.0. The fourth-order valence-corrected chi connectivity index (χ4v) is 3.54. The summed E-state index contributed by atoms with van der Waals surface area (Å²) in [6.45, 7) is 0.482. The Morgan fingerprint density at radius 2 is 1.62 bits per heavy atom. The molecule has 3 amide bonds. The third-order valence-electron chi connectivity index (χ3n) is 5.16. The van der Waals surface area contributed by atoms with Crippen LogP contribution in [0.25, 0.3) is 0 Å². The molecule has 152 valence electrons. The Morgan fingerprint density at radius 1 is 1.03 bits per heavy atom. The molecule has 0 aromatic heterocycles. The van der Waals surface area contributed by atoms with Crippen molar-refractivity contribution in [3.05, 3.63) is 65.2 Å². The zero-order valence-corrected chi connectivity index (χ0v) is 16.9. The van der Waals surface area contributed by atoms with Crippen LogP contribution in [0.5, 0.6) is 5.75 Å². The van der Waals surface area contributed by atoms with E-state index in [4.69, 9.17) is 4.74 Å². The van der Waals surface area contributed by atoms with E-state index in [9.17, 15) is 14.4 Å². The van der Waals surface area contributed by atoms with Crippen LogP contribution in [0, 0.1) is 0 Å². The quantitative estimate of drug-likeness (QED) is 0.644. The van der Waals surface area contributed by atoms with Crippen molar-refractivity contribution in [2.75, 3.05) is 34.3 Å². The first kappa shape index (κ1) is 20.5. The second-order valence-corrected chi connectivity index (χ2v) is 7.23. The molecule has 3 rings (SSSR count). The molecule has 0 spiro atoms. The van der Waals surface area contributed by atoms with E-state index in [2.05, 4.69) is 5.32 Å². The molecule has 7 nitrogen and oxygen atoms in total. The van der Waals surface area contributed by atoms with Crippen LogP contribution in [0.2, 0.25) is 0 Å². The lowest BCUT2D eigenvalue weighted by atomic mass is 10.0. The monoisotopic (exact) mass is 396 g/mol. The first-order valence-corrected chi connectivity index (χ1v) is 9.59. The van der Waals surface area contributed by atoms with Crippen LogP contribution in [0.4, 0.5) is 0 Å². The van der Waals surface area contributed by atoms with Gasteiger partial charge in [-0.05, 0) is 24.3 Å². The summed E-state index contributed by atoms with van der Waals surface area (Å²) in [5, 5.41) is 2.92. The third-order valence-corrected chi connectivity index (χ3v) is 5.16. The molecule has 0 fully saturated rings. The first-order chi connectivity index (χ1) is 13.9. The second kappa shape index (κ2) is 8.87. The van der Waals surface area contributed by atoms with Crippen molar-refractivity contribution in [2.45, 2.75) is 12.5 Å². The number of hydrogen-bond acceptors (Lipinski definition) is 4. The van der Waals surface area contributed by atoms with Gasteiger partial charge in [-0.1, -0.05) is 24.3 Å². The SMILES string of the molecule is COc1ccccc1[C@H](CNC(=O)CCN1C(=O)c2ccccc2C1=O)[NH+](C)C. The van der Waals surface area contributed by atoms with Crippen molar-refractivity contribution < 1.29 is 24.0 Å². The van der Waals surface area contributed by atoms with Gasteiger partial charge >= 0.3 is 0 Å². The van der Waals surface area contributed by atoms with Crippen molar-refractivity contribution in [1.29, 1.82) is 0 Å². The highest BCUT2D eigenvalue weighted by Gasteiger charge is 2.35. The van der Waals surface area contributed by atoms with Gasteiger partial charge in [-0.3, -0.25) is 19.3 Å². The summed E-state index contributed by atoms with van der Waals surface area (Å²) in [5.41, 5.74) is 1.80. The summed E-state index contributed by atoms with van der Waals surface area (Å²) in [6, 6.07) is 14.5. The molecule has 1 heterocycles. The number of rotatable bonds is 8. The van der Waals surface area contributed by atoms with Gasteiger partial charge in [0.2, 0.25) is 5.91 Å². The van der Waals surface area contributed by atoms with E-state index in [0.29, 0.717) is 17.7 Å². The molecule has 0 bridgehead atoms. The number of carbonyl (C=O) groups is 3. The number of benzene rings is 2. The highest BCUT2D eigenvalue weighted by molar-refractivity contribution is 6.21. The van der Waals surface area contributed by atoms with Gasteiger partial charge in [0.15, 0.2) is 0 Å². The highest BCUT2D eigenvalue weighted by atomic mass is 16.5. The highest BCUT2D eigenvalue weighted by Crippen LogP contribution is 2.23. The Morgan fingerprint density at radius 3 is 2.21 bits per heavy atom. The molecule has 2 N–H and O–H groups in total. The molecule has 2 aromatic carbocycles. The zero-order valence-electron chi connectivity index (χ0n) is 16.9. The van der Waals surface area contributed by atoms with Crippen molar-refractivity contribution in [3.8, 4) is 5.75 Å². The van der Waals surface area contributed by atoms with Gasteiger partial charge in [-0.2, -0.15) is 0 Å². The number of amides is 3. The van der Waals surface area contributed by atoms with E-state index < -0.39 is 0 Å². The largest absolute Gasteiger partial charge is 0.496 e. The molecule has 2 aromatic rings. The van der Waals surface area contributed by atoms with Crippen LogP contribution in [-0.2, 0) is 4.79 Å². The molecule has 1 aliphatic rings. The average Bonchev–Trinajstić information content (AvgIpc) is 2.97. The number of imide groups is 1. The maximum absolute atomic E-state index is 12.4. The summed E-state index contributed by atoms with van der Waals surface area (Å²) in [5.74, 6) is -0.118. The molecular weight excluding hydrogens is 370 g/mol. The number of nitrogens with zero attached hydrogens (tertiary/aromatic N) is 1. The van der Waals surface area contributed by atoms with E-state index in [-0.39, 0.29) is 36.7 Å². The second-order valence-electron chi connectivity index (χ2n) is 7.23. The molecule has 0 saturated heterocycles. The molecule has 0 radical (unpaired) electrons. The summed E-state index contributed by atoms with van der Waals surface area (Å²) in [6.07, 6.45) is 0.0624. The number of para-hydroxylation sites is 1. The minimum absolute atomic E-state index is 0.00871. The van der Waals surface area contributed by atoms with Gasteiger partial charge in [-0.15, -0.1) is 0 Å². The van der Waals surface area contributed by atoms with Crippen LogP contribution in [0.3, 0.4) is 0 Å². The van der Waals surface area contributed by atoms with Crippen LogP contribution < -0.4 is 15.0 Å². The topological polar surface area (TPSA) is 80.2 Å². The lowest BCUT2D eigenvalue weighted by molar-refractivity contribution is -0.890. The smallest absolute Gasteiger partial charge is 0.261 e. The van der Waals surface area contributed by atoms with Crippen molar-refractivity contribution in [2.24, 2.45) is 0 Å². The van der Waals surface area contributed by atoms with E-state index in [1.165, 1.54) is 0 Å². The first-order valence-electron chi connectivity index (χ1n) is 9.59. The van der Waals surface area contributed by atoms with Crippen molar-refractivity contribution >= 4 is 17.7 Å². The Labute approximate surface area is 170 Å². The number of hydrogen-bond donors (Lipinski definition) is 2. The number of quaternary nitrogens is 1. The minimum Gasteiger partial charge on any atom is -0.496 e. The fourth-order valence-electron chi connectivity index (χ4n) is 3.54. The summed E-state index contributed by atoms with van der Waals surface area (Å²) >= 11 is 0. The Hall–Kier alpha value is -3.19. The molecule has 0 unspecified atom stereocenters. The van der Waals surface area contributed by atoms with Crippen molar-refractivity contribution in [3.63, 3.8) is 0 Å². The molecule has 7 heteroatoms. The standard InChI is InChI=1S/C22H25N3O4/c1-24(2)18(17-10-6-7-11-19(17)29-3)14-23-20(26)12-13-25-21(27)15-8-4-5-9-16(15)22(25)28/h4-11,18H,12-14H2,1-3H3,(H,23,26)/p+1/t18-/m0/s1. The van der Waals surface area contributed by atoms with Crippen LogP contribution in [0.15, 0.2) is 48.5 Å². The number of nitrogens with one attached hydrogen (secondary N) is 2. The number of ether oxygens (including phenoxy) is 1. The van der Waals surface area contributed by atoms with E-state index in [0.717, 1.165) is 21.1 Å². The van der Waals surface area contributed by atoms with E-state index in [1.807, 2.05) is 38.4 Å². The minimum atomic E-state index is -0.344. The molecule has 29 heavy (non-hydrogen) atoms. The van der Waals surface area contributed by atoms with Gasteiger partial charge < -0.3 is 15.0 Å². The van der Waals surface area contributed by atoms with Gasteiger partial charge in [-0.25, -0.2) is 0 Å². The van der Waals surface area contributed by atoms with Crippen LogP contribution in [-0.4, -0.2) is 56.9 Å². The van der Waals surface area contributed by atoms with Crippen LogP contribution >= 0.6 is 0 Å². The Balaban J connectivity index is 1.58. The summed E-state index contributed by atoms with van der Waals surface area (Å²) in [7, 11) is 5.66. The number of likely N-dealkylation sites (N-methyl/N-ethyl adjacent to an activating group) is 1. The Kier molecular flexibility index (Phi) is 6.29. The maximum atomic E-state index is 12.4. The predicted octanol–water partition coefficient (Wildman–Crippen LogP) is 0.683. The molecule has 1 atom stereocenters. The summed E-state index contributed by atoms with van der Waals surface area (Å²) in [4.78, 5) is 39.5. The number of methoxy groups -OCH3 is 1. The average molecular weight is 396 g/mol. The number of carbonyl (C=O) groups excluding carboxylic acids is 3. The van der Waals surface area contributed by atoms with Gasteiger partial charge in [0.1, 0.15) is 11.8 Å². The van der Waals surface area contributed by atoms with Crippen molar-refractivity contribution in [1.82, 2.24) is 10.2 Å². The summed E-state index contributed by atoms with van der Waals surface area (Å²) < 4.78 is 5.44. The van der Waals surface area contributed by atoms with E-state index in [1.54, 1.807) is 31.4 Å². The fraction of sp³-hybridized carbons (Fsp3) is 0.318. The predicted molar refractivity (Wildman–Crippen MR) is 108 cm³/mol. The molecule has 1 aliphatic heterocycles. The van der Waals surface area contributed by atoms with Gasteiger partial charge in [0.25, 0.3) is 11.8 Å². The molecular formula is C22H26N3O4+. The lowest BCUT2D eigenvalue weighted by Gasteiger charge is -2.24. The molecule has 0 saturated carbocycles. The lowest BCUT2D eigenvalue weighted by Crippen LogP contribution is -3.07. The van der Waals surface area contributed by atoms with Crippen LogP contribution in [0.1, 0.15) is 38.7 Å². The third kappa shape index (κ3) is 4.30. The van der Waals surface area contributed by atoms with Gasteiger partial charge in [0, 0.05) is 13.0 Å². The van der Waals surface area contributed by atoms with Gasteiger partial charge in [0.05, 0.1) is 44.4 Å². The molecule has 0 aliphatic carbocycles.